The predicted molar refractivity (Wildman–Crippen MR) is 74.3 cm³/mol. The molecule has 0 bridgehead atoms. The van der Waals surface area contributed by atoms with Gasteiger partial charge >= 0.3 is 5.97 Å². The molecule has 19 heavy (non-hydrogen) atoms. The number of rotatable bonds is 6. The average Bonchev–Trinajstić information content (AvgIpc) is 2.38. The van der Waals surface area contributed by atoms with Crippen molar-refractivity contribution in [1.29, 1.82) is 0 Å². The van der Waals surface area contributed by atoms with Gasteiger partial charge < -0.3 is 10.0 Å². The highest BCUT2D eigenvalue weighted by Gasteiger charge is 2.17. The molecule has 2 N–H and O–H groups in total. The van der Waals surface area contributed by atoms with E-state index < -0.39 is 12.0 Å². The molecule has 1 amide bonds. The van der Waals surface area contributed by atoms with Crippen LogP contribution in [0.3, 0.4) is 0 Å². The Balaban J connectivity index is 2.73. The molecule has 0 aliphatic rings. The Bertz CT molecular complexity index is 460. The monoisotopic (exact) mass is 264 g/mol. The van der Waals surface area contributed by atoms with E-state index >= 15 is 0 Å². The lowest BCUT2D eigenvalue weighted by atomic mass is 10.2. The maximum atomic E-state index is 12.1. The van der Waals surface area contributed by atoms with E-state index in [9.17, 15) is 9.59 Å². The van der Waals surface area contributed by atoms with Gasteiger partial charge in [-0.25, -0.2) is 0 Å². The van der Waals surface area contributed by atoms with Gasteiger partial charge in [-0.05, 0) is 32.4 Å². The fourth-order valence-corrected chi connectivity index (χ4v) is 1.77. The lowest BCUT2D eigenvalue weighted by molar-refractivity contribution is -0.139. The van der Waals surface area contributed by atoms with E-state index in [2.05, 4.69) is 5.32 Å². The molecule has 5 nitrogen and oxygen atoms in total. The summed E-state index contributed by atoms with van der Waals surface area (Å²) in [5.74, 6) is -1.10. The molecule has 0 radical (unpaired) electrons. The van der Waals surface area contributed by atoms with Crippen LogP contribution in [0.15, 0.2) is 24.3 Å². The van der Waals surface area contributed by atoms with Gasteiger partial charge in [0.2, 0.25) is 5.91 Å². The van der Waals surface area contributed by atoms with Crippen LogP contribution in [-0.4, -0.2) is 36.1 Å². The van der Waals surface area contributed by atoms with E-state index in [4.69, 9.17) is 5.11 Å². The van der Waals surface area contributed by atoms with Gasteiger partial charge in [0, 0.05) is 12.2 Å². The summed E-state index contributed by atoms with van der Waals surface area (Å²) in [6.45, 7) is 5.91. The van der Waals surface area contributed by atoms with Crippen molar-refractivity contribution in [3.05, 3.63) is 29.8 Å². The number of hydrogen-bond donors (Lipinski definition) is 2. The summed E-state index contributed by atoms with van der Waals surface area (Å²) in [4.78, 5) is 24.5. The zero-order valence-electron chi connectivity index (χ0n) is 11.5. The molecule has 1 aromatic carbocycles. The highest BCUT2D eigenvalue weighted by molar-refractivity contribution is 5.95. The first-order valence-electron chi connectivity index (χ1n) is 6.29. The minimum atomic E-state index is -0.966. The van der Waals surface area contributed by atoms with Crippen molar-refractivity contribution >= 4 is 17.6 Å². The van der Waals surface area contributed by atoms with Crippen LogP contribution >= 0.6 is 0 Å². The maximum Gasteiger partial charge on any atom is 0.320 e. The van der Waals surface area contributed by atoms with Gasteiger partial charge in [0.15, 0.2) is 0 Å². The number of para-hydroxylation sites is 1. The van der Waals surface area contributed by atoms with Crippen molar-refractivity contribution < 1.29 is 14.7 Å². The number of benzene rings is 1. The third-order valence-electron chi connectivity index (χ3n) is 2.95. The Morgan fingerprint density at radius 3 is 2.53 bits per heavy atom. The lowest BCUT2D eigenvalue weighted by Gasteiger charge is -2.23. The molecule has 104 valence electrons. The Morgan fingerprint density at radius 2 is 2.00 bits per heavy atom. The molecule has 0 aliphatic carbocycles. The number of carboxylic acid groups (broad SMARTS) is 1. The number of hydrogen-bond acceptors (Lipinski definition) is 3. The minimum Gasteiger partial charge on any atom is -0.480 e. The normalized spacial score (nSPS) is 11.9. The number of nitrogens with zero attached hydrogens (tertiary/aromatic N) is 1. The molecule has 0 aliphatic heterocycles. The van der Waals surface area contributed by atoms with E-state index in [0.29, 0.717) is 6.54 Å². The quantitative estimate of drug-likeness (QED) is 0.815. The third kappa shape index (κ3) is 4.06. The second-order valence-corrected chi connectivity index (χ2v) is 4.37. The molecule has 1 aromatic rings. The first kappa shape index (κ1) is 15.2. The van der Waals surface area contributed by atoms with Crippen molar-refractivity contribution in [3.63, 3.8) is 0 Å². The van der Waals surface area contributed by atoms with Gasteiger partial charge in [-0.1, -0.05) is 18.2 Å². The summed E-state index contributed by atoms with van der Waals surface area (Å²) in [5, 5.41) is 11.5. The van der Waals surface area contributed by atoms with Crippen molar-refractivity contribution in [3.8, 4) is 0 Å². The molecule has 1 atom stereocenters. The molecule has 0 saturated carbocycles. The molecule has 0 unspecified atom stereocenters. The number of likely N-dealkylation sites (N-methyl/N-ethyl adjacent to an activating group) is 1. The van der Waals surface area contributed by atoms with Crippen LogP contribution in [0.2, 0.25) is 0 Å². The zero-order valence-corrected chi connectivity index (χ0v) is 11.5. The number of carbonyl (C=O) groups excluding carboxylic acids is 1. The van der Waals surface area contributed by atoms with Gasteiger partial charge in [0.25, 0.3) is 0 Å². The van der Waals surface area contributed by atoms with Crippen LogP contribution in [-0.2, 0) is 9.59 Å². The molecule has 5 heteroatoms. The van der Waals surface area contributed by atoms with Crippen molar-refractivity contribution in [2.75, 3.05) is 18.0 Å². The van der Waals surface area contributed by atoms with Gasteiger partial charge in [-0.15, -0.1) is 0 Å². The Hall–Kier alpha value is -1.88. The molecule has 0 spiro atoms. The number of aliphatic carboxylic acids is 1. The molecular formula is C14H20N2O3. The standard InChI is InChI=1S/C14H20N2O3/c1-4-16(12-8-6-5-7-10(12)2)13(17)9-15-11(3)14(18)19/h5-8,11,15H,4,9H2,1-3H3,(H,18,19)/t11-/m1/s1. The fraction of sp³-hybridized carbons (Fsp3) is 0.429. The first-order valence-corrected chi connectivity index (χ1v) is 6.29. The molecular weight excluding hydrogens is 244 g/mol. The van der Waals surface area contributed by atoms with Crippen LogP contribution < -0.4 is 10.2 Å². The Kier molecular flexibility index (Phi) is 5.51. The van der Waals surface area contributed by atoms with Gasteiger partial charge in [0.05, 0.1) is 6.54 Å². The summed E-state index contributed by atoms with van der Waals surface area (Å²) < 4.78 is 0. The van der Waals surface area contributed by atoms with Gasteiger partial charge in [-0.2, -0.15) is 0 Å². The summed E-state index contributed by atoms with van der Waals surface area (Å²) in [5.41, 5.74) is 1.88. The third-order valence-corrected chi connectivity index (χ3v) is 2.95. The van der Waals surface area contributed by atoms with E-state index in [-0.39, 0.29) is 12.5 Å². The van der Waals surface area contributed by atoms with Gasteiger partial charge in [0.1, 0.15) is 6.04 Å². The summed E-state index contributed by atoms with van der Waals surface area (Å²) >= 11 is 0. The van der Waals surface area contributed by atoms with Crippen LogP contribution in [0.5, 0.6) is 0 Å². The predicted octanol–water partition coefficient (Wildman–Crippen LogP) is 1.41. The van der Waals surface area contributed by atoms with E-state index in [1.165, 1.54) is 6.92 Å². The van der Waals surface area contributed by atoms with Crippen LogP contribution in [0.4, 0.5) is 5.69 Å². The van der Waals surface area contributed by atoms with Crippen LogP contribution in [0, 0.1) is 6.92 Å². The second kappa shape index (κ2) is 6.89. The highest BCUT2D eigenvalue weighted by Crippen LogP contribution is 2.18. The molecule has 0 fully saturated rings. The lowest BCUT2D eigenvalue weighted by Crippen LogP contribution is -2.43. The number of aryl methyl sites for hydroxylation is 1. The Labute approximate surface area is 113 Å². The van der Waals surface area contributed by atoms with Crippen molar-refractivity contribution in [1.82, 2.24) is 5.32 Å². The number of anilines is 1. The number of nitrogens with one attached hydrogen (secondary N) is 1. The number of carbonyl (C=O) groups is 2. The molecule has 0 aromatic heterocycles. The molecule has 0 saturated heterocycles. The largest absolute Gasteiger partial charge is 0.480 e. The van der Waals surface area contributed by atoms with Crippen LogP contribution in [0.25, 0.3) is 0 Å². The maximum absolute atomic E-state index is 12.1. The highest BCUT2D eigenvalue weighted by atomic mass is 16.4. The van der Waals surface area contributed by atoms with Crippen LogP contribution in [0.1, 0.15) is 19.4 Å². The summed E-state index contributed by atoms with van der Waals surface area (Å²) in [6, 6.07) is 6.89. The summed E-state index contributed by atoms with van der Waals surface area (Å²) in [6.07, 6.45) is 0. The zero-order chi connectivity index (χ0) is 14.4. The first-order chi connectivity index (χ1) is 8.97. The van der Waals surface area contributed by atoms with Crippen molar-refractivity contribution in [2.24, 2.45) is 0 Å². The fourth-order valence-electron chi connectivity index (χ4n) is 1.77. The molecule has 1 rings (SSSR count). The second-order valence-electron chi connectivity index (χ2n) is 4.37. The SMILES string of the molecule is CCN(C(=O)CN[C@H](C)C(=O)O)c1ccccc1C. The van der Waals surface area contributed by atoms with E-state index in [1.807, 2.05) is 38.1 Å². The van der Waals surface area contributed by atoms with E-state index in [0.717, 1.165) is 11.3 Å². The smallest absolute Gasteiger partial charge is 0.320 e. The van der Waals surface area contributed by atoms with E-state index in [1.54, 1.807) is 4.90 Å². The minimum absolute atomic E-state index is 0.00956. The summed E-state index contributed by atoms with van der Waals surface area (Å²) in [7, 11) is 0. The molecule has 0 heterocycles. The number of amides is 1. The van der Waals surface area contributed by atoms with Crippen molar-refractivity contribution in [2.45, 2.75) is 26.8 Å². The topological polar surface area (TPSA) is 69.6 Å². The average molecular weight is 264 g/mol. The number of carboxylic acids is 1. The Morgan fingerprint density at radius 1 is 1.37 bits per heavy atom. The van der Waals surface area contributed by atoms with Gasteiger partial charge in [-0.3, -0.25) is 14.9 Å².